The van der Waals surface area contributed by atoms with Crippen molar-refractivity contribution < 1.29 is 23.9 Å². The first-order chi connectivity index (χ1) is 19.9. The fourth-order valence-corrected chi connectivity index (χ4v) is 8.37. The van der Waals surface area contributed by atoms with Crippen molar-refractivity contribution in [2.24, 2.45) is 11.8 Å². The van der Waals surface area contributed by atoms with Gasteiger partial charge in [-0.1, -0.05) is 51.4 Å². The molecular weight excluding hydrogens is 596 g/mol. The molecule has 230 valence electrons. The molecule has 0 aromatic heterocycles. The monoisotopic (exact) mass is 636 g/mol. The molecule has 2 heterocycles. The third-order valence-electron chi connectivity index (χ3n) is 7.39. The molecule has 0 aliphatic carbocycles. The molecular formula is C30H41ClN4O5S2. The maximum Gasteiger partial charge on any atom is 0.417 e. The molecule has 0 radical (unpaired) electrons. The summed E-state index contributed by atoms with van der Waals surface area (Å²) in [5.41, 5.74) is 0.433. The molecule has 12 heteroatoms. The van der Waals surface area contributed by atoms with Gasteiger partial charge in [-0.3, -0.25) is 19.1 Å². The van der Waals surface area contributed by atoms with E-state index in [9.17, 15) is 24.4 Å². The van der Waals surface area contributed by atoms with E-state index >= 15 is 0 Å². The van der Waals surface area contributed by atoms with E-state index in [4.69, 9.17) is 16.3 Å². The third-order valence-corrected chi connectivity index (χ3v) is 11.0. The van der Waals surface area contributed by atoms with Gasteiger partial charge >= 0.3 is 6.09 Å². The summed E-state index contributed by atoms with van der Waals surface area (Å²) in [5.74, 6) is 0.303. The van der Waals surface area contributed by atoms with E-state index in [0.717, 1.165) is 41.9 Å². The first-order valence-electron chi connectivity index (χ1n) is 14.3. The smallest absolute Gasteiger partial charge is 0.417 e. The molecule has 0 saturated carbocycles. The number of benzene rings is 1. The van der Waals surface area contributed by atoms with Crippen LogP contribution in [0.2, 0.25) is 5.02 Å². The van der Waals surface area contributed by atoms with E-state index in [1.807, 2.05) is 45.9 Å². The number of amides is 3. The minimum atomic E-state index is -0.991. The highest BCUT2D eigenvalue weighted by molar-refractivity contribution is 8.17. The van der Waals surface area contributed by atoms with Crippen LogP contribution in [0.1, 0.15) is 65.4 Å². The number of hydrogen-bond donors (Lipinski definition) is 3. The second-order valence-corrected chi connectivity index (χ2v) is 15.5. The number of halogens is 1. The summed E-state index contributed by atoms with van der Waals surface area (Å²) in [5, 5.41) is 15.4. The van der Waals surface area contributed by atoms with Crippen LogP contribution < -0.4 is 15.4 Å². The van der Waals surface area contributed by atoms with E-state index in [2.05, 4.69) is 21.4 Å². The Labute approximate surface area is 260 Å². The number of rotatable bonds is 13. The Hall–Kier alpha value is -2.55. The minimum Gasteiger partial charge on any atom is -0.448 e. The lowest BCUT2D eigenvalue weighted by atomic mass is 9.86. The number of nitriles is 1. The van der Waals surface area contributed by atoms with Gasteiger partial charge in [-0.05, 0) is 79.2 Å². The maximum atomic E-state index is 13.6. The number of hydrogen-bond acceptors (Lipinski definition) is 7. The van der Waals surface area contributed by atoms with E-state index in [1.54, 1.807) is 6.07 Å². The van der Waals surface area contributed by atoms with Gasteiger partial charge in [-0.15, -0.1) is 0 Å². The number of nitrogens with zero attached hydrogens (tertiary/aromatic N) is 1. The molecule has 1 aromatic carbocycles. The molecule has 0 bridgehead atoms. The van der Waals surface area contributed by atoms with E-state index in [0.29, 0.717) is 24.4 Å². The van der Waals surface area contributed by atoms with Gasteiger partial charge in [0.1, 0.15) is 22.8 Å². The van der Waals surface area contributed by atoms with Gasteiger partial charge in [0.15, 0.2) is 0 Å². The molecule has 2 saturated heterocycles. The van der Waals surface area contributed by atoms with Crippen LogP contribution in [0.4, 0.5) is 4.79 Å². The summed E-state index contributed by atoms with van der Waals surface area (Å²) in [7, 11) is -0.429. The van der Waals surface area contributed by atoms with Crippen molar-refractivity contribution in [3.63, 3.8) is 0 Å². The Morgan fingerprint density at radius 2 is 1.98 bits per heavy atom. The first kappa shape index (κ1) is 33.9. The lowest BCUT2D eigenvalue weighted by Gasteiger charge is -2.26. The highest BCUT2D eigenvalue weighted by Crippen LogP contribution is 2.29. The Kier molecular flexibility index (Phi) is 12.8. The fraction of sp³-hybridized carbons (Fsp3) is 0.600. The predicted molar refractivity (Wildman–Crippen MR) is 170 cm³/mol. The highest BCUT2D eigenvalue weighted by Gasteiger charge is 2.35. The lowest BCUT2D eigenvalue weighted by Crippen LogP contribution is -2.49. The zero-order chi connectivity index (χ0) is 30.9. The largest absolute Gasteiger partial charge is 0.448 e. The number of ketones is 1. The van der Waals surface area contributed by atoms with Crippen LogP contribution in [0.3, 0.4) is 0 Å². The van der Waals surface area contributed by atoms with Crippen LogP contribution >= 0.6 is 34.0 Å². The van der Waals surface area contributed by atoms with Crippen molar-refractivity contribution in [3.8, 4) is 6.07 Å². The molecule has 3 atom stereocenters. The van der Waals surface area contributed by atoms with Gasteiger partial charge in [0.05, 0.1) is 6.04 Å². The summed E-state index contributed by atoms with van der Waals surface area (Å²) < 4.78 is 8.11. The Morgan fingerprint density at radius 3 is 2.57 bits per heavy atom. The van der Waals surface area contributed by atoms with Gasteiger partial charge in [0.25, 0.3) is 0 Å². The van der Waals surface area contributed by atoms with E-state index < -0.39 is 50.9 Å². The minimum absolute atomic E-state index is 0.0928. The summed E-state index contributed by atoms with van der Waals surface area (Å²) in [4.78, 5) is 52.3. The van der Waals surface area contributed by atoms with Crippen LogP contribution in [-0.4, -0.2) is 64.5 Å². The molecule has 3 rings (SSSR count). The van der Waals surface area contributed by atoms with Crippen LogP contribution in [-0.2, 0) is 24.5 Å². The SMILES string of the molecule is CC(C)C[C@H](SNC(=O)OCC(C)(C)c1cccc(Cl)c1)C(=O)N[C@@H](C[C@@H]1CCNC1=O)C(=O)C(C#N)=S1CCCC1. The zero-order valence-electron chi connectivity index (χ0n) is 24.7. The molecule has 3 N–H and O–H groups in total. The molecule has 0 unspecified atom stereocenters. The van der Waals surface area contributed by atoms with Crippen LogP contribution in [0.5, 0.6) is 0 Å². The maximum absolute atomic E-state index is 13.6. The molecule has 9 nitrogen and oxygen atoms in total. The topological polar surface area (TPSA) is 137 Å². The zero-order valence-corrected chi connectivity index (χ0v) is 27.1. The molecule has 42 heavy (non-hydrogen) atoms. The first-order valence-corrected chi connectivity index (χ1v) is 17.1. The standard InChI is InChI=1S/C30H41ClN4O5S2/c1-19(2)14-24(41-35-29(39)40-18-30(3,4)21-8-7-9-22(31)16-21)28(38)34-23(15-20-10-11-33-27(20)37)26(36)25(17-32)42-12-5-6-13-42/h7-9,16,19-20,23-24H,5-6,10-15,18H2,1-4H3,(H,33,37)(H,34,38)(H,35,39)/t20-,23-,24-/m0/s1. The number of nitrogens with one attached hydrogen (secondary N) is 3. The molecule has 2 fully saturated rings. The molecule has 2 aliphatic rings. The summed E-state index contributed by atoms with van der Waals surface area (Å²) >= 11 is 7.05. The highest BCUT2D eigenvalue weighted by atomic mass is 35.5. The van der Waals surface area contributed by atoms with Crippen LogP contribution in [0.25, 0.3) is 0 Å². The molecule has 3 amide bonds. The quantitative estimate of drug-likeness (QED) is 0.210. The lowest BCUT2D eigenvalue weighted by molar-refractivity contribution is -0.127. The third kappa shape index (κ3) is 9.75. The summed E-state index contributed by atoms with van der Waals surface area (Å²) in [6.07, 6.45) is 2.37. The van der Waals surface area contributed by atoms with Crippen molar-refractivity contribution in [1.82, 2.24) is 15.4 Å². The van der Waals surface area contributed by atoms with E-state index in [-0.39, 0.29) is 29.7 Å². The van der Waals surface area contributed by atoms with Gasteiger partial charge in [0.2, 0.25) is 17.6 Å². The Bertz CT molecular complexity index is 1240. The van der Waals surface area contributed by atoms with Crippen molar-refractivity contribution in [3.05, 3.63) is 34.9 Å². The Balaban J connectivity index is 1.68. The van der Waals surface area contributed by atoms with Crippen molar-refractivity contribution in [2.45, 2.75) is 76.5 Å². The average molecular weight is 637 g/mol. The summed E-state index contributed by atoms with van der Waals surface area (Å²) in [6.45, 7) is 8.41. The molecule has 2 aliphatic heterocycles. The number of carbonyl (C=O) groups excluding carboxylic acids is 4. The average Bonchev–Trinajstić information content (AvgIpc) is 3.62. The number of carbonyl (C=O) groups is 4. The van der Waals surface area contributed by atoms with Crippen molar-refractivity contribution in [2.75, 3.05) is 24.7 Å². The predicted octanol–water partition coefficient (Wildman–Crippen LogP) is 4.75. The van der Waals surface area contributed by atoms with Gasteiger partial charge in [-0.2, -0.15) is 15.7 Å². The van der Waals surface area contributed by atoms with Crippen LogP contribution in [0, 0.1) is 23.2 Å². The van der Waals surface area contributed by atoms with Crippen molar-refractivity contribution >= 4 is 62.6 Å². The van der Waals surface area contributed by atoms with Gasteiger partial charge < -0.3 is 15.4 Å². The number of Topliss-reactive ketones (excluding diaryl/α,β-unsaturated/α-hetero) is 1. The van der Waals surface area contributed by atoms with Gasteiger partial charge in [0, 0.05) is 22.9 Å². The van der Waals surface area contributed by atoms with E-state index in [1.165, 1.54) is 0 Å². The van der Waals surface area contributed by atoms with Crippen LogP contribution in [0.15, 0.2) is 24.3 Å². The second-order valence-electron chi connectivity index (χ2n) is 11.8. The molecule has 1 aromatic rings. The molecule has 0 spiro atoms. The second kappa shape index (κ2) is 15.8. The normalized spacial score (nSPS) is 18.6. The fourth-order valence-electron chi connectivity index (χ4n) is 4.95. The van der Waals surface area contributed by atoms with Gasteiger partial charge in [-0.25, -0.2) is 4.79 Å². The van der Waals surface area contributed by atoms with Crippen molar-refractivity contribution in [1.29, 1.82) is 5.26 Å². The summed E-state index contributed by atoms with van der Waals surface area (Å²) in [6, 6.07) is 8.49. The Morgan fingerprint density at radius 1 is 1.26 bits per heavy atom. The number of ether oxygens (including phenoxy) is 1.